The molecule has 0 radical (unpaired) electrons. The molecule has 0 amide bonds. The Balaban J connectivity index is 2.30. The molecule has 0 N–H and O–H groups in total. The maximum Gasteiger partial charge on any atom is 0.140 e. The van der Waals surface area contributed by atoms with Crippen LogP contribution in [-0.2, 0) is 4.79 Å². The zero-order valence-corrected chi connectivity index (χ0v) is 7.18. The van der Waals surface area contributed by atoms with Crippen molar-refractivity contribution >= 4 is 5.78 Å². The van der Waals surface area contributed by atoms with Crippen molar-refractivity contribution in [2.45, 2.75) is 26.7 Å². The summed E-state index contributed by atoms with van der Waals surface area (Å²) in [6, 6.07) is 0. The van der Waals surface area contributed by atoms with Crippen molar-refractivity contribution in [2.75, 3.05) is 0 Å². The molecule has 2 aliphatic carbocycles. The number of allylic oxidation sites excluding steroid dienone is 1. The van der Waals surface area contributed by atoms with Gasteiger partial charge in [-0.25, -0.2) is 0 Å². The van der Waals surface area contributed by atoms with Gasteiger partial charge in [0.15, 0.2) is 0 Å². The number of fused-ring (bicyclic) bond motifs is 1. The second-order valence-corrected chi connectivity index (χ2v) is 4.34. The van der Waals surface area contributed by atoms with E-state index in [0.29, 0.717) is 11.7 Å². The van der Waals surface area contributed by atoms with Gasteiger partial charge in [0.1, 0.15) is 5.78 Å². The van der Waals surface area contributed by atoms with Gasteiger partial charge in [0.25, 0.3) is 0 Å². The van der Waals surface area contributed by atoms with E-state index in [4.69, 9.17) is 0 Å². The molecule has 2 aliphatic rings. The molecule has 0 spiro atoms. The van der Waals surface area contributed by atoms with Gasteiger partial charge in [-0.3, -0.25) is 4.79 Å². The summed E-state index contributed by atoms with van der Waals surface area (Å²) in [5.74, 6) is 1.28. The van der Waals surface area contributed by atoms with Gasteiger partial charge in [-0.1, -0.05) is 26.0 Å². The zero-order valence-electron chi connectivity index (χ0n) is 7.18. The van der Waals surface area contributed by atoms with Crippen molar-refractivity contribution in [3.63, 3.8) is 0 Å². The minimum atomic E-state index is 0.241. The highest BCUT2D eigenvalue weighted by Gasteiger charge is 2.56. The topological polar surface area (TPSA) is 17.1 Å². The summed E-state index contributed by atoms with van der Waals surface area (Å²) in [7, 11) is 0. The van der Waals surface area contributed by atoms with Crippen LogP contribution in [0.2, 0.25) is 0 Å². The van der Waals surface area contributed by atoms with E-state index in [9.17, 15) is 4.79 Å². The van der Waals surface area contributed by atoms with E-state index in [1.807, 2.05) is 0 Å². The molecule has 0 bridgehead atoms. The van der Waals surface area contributed by atoms with E-state index >= 15 is 0 Å². The first-order valence-corrected chi connectivity index (χ1v) is 4.27. The van der Waals surface area contributed by atoms with Crippen molar-refractivity contribution in [3.05, 3.63) is 12.2 Å². The van der Waals surface area contributed by atoms with Crippen molar-refractivity contribution in [1.29, 1.82) is 0 Å². The Bertz CT molecular complexity index is 237. The minimum absolute atomic E-state index is 0.241. The number of rotatable bonds is 0. The fourth-order valence-electron chi connectivity index (χ4n) is 2.60. The molecule has 60 valence electrons. The standard InChI is InChI=1S/C10H14O/c1-6-9-7(10(6,2)3)4-5-8(9)11/h7,9H,1,4-5H2,2-3H3. The molecule has 0 saturated heterocycles. The van der Waals surface area contributed by atoms with Crippen LogP contribution in [-0.4, -0.2) is 5.78 Å². The summed E-state index contributed by atoms with van der Waals surface area (Å²) in [6.07, 6.45) is 1.88. The van der Waals surface area contributed by atoms with E-state index in [-0.39, 0.29) is 11.3 Å². The number of hydrogen-bond acceptors (Lipinski definition) is 1. The lowest BCUT2D eigenvalue weighted by Crippen LogP contribution is -2.45. The normalized spacial score (nSPS) is 40.2. The molecule has 2 fully saturated rings. The van der Waals surface area contributed by atoms with Crippen molar-refractivity contribution in [1.82, 2.24) is 0 Å². The van der Waals surface area contributed by atoms with Gasteiger partial charge in [-0.05, 0) is 17.8 Å². The molecular formula is C10H14O. The van der Waals surface area contributed by atoms with Crippen LogP contribution in [0.1, 0.15) is 26.7 Å². The fourth-order valence-corrected chi connectivity index (χ4v) is 2.60. The smallest absolute Gasteiger partial charge is 0.140 e. The van der Waals surface area contributed by atoms with Crippen LogP contribution in [0.25, 0.3) is 0 Å². The van der Waals surface area contributed by atoms with Crippen molar-refractivity contribution < 1.29 is 4.79 Å². The molecule has 0 aromatic carbocycles. The molecule has 0 aliphatic heterocycles. The molecule has 1 nitrogen and oxygen atoms in total. The first-order chi connectivity index (χ1) is 5.05. The van der Waals surface area contributed by atoms with Gasteiger partial charge in [0, 0.05) is 12.3 Å². The molecule has 2 saturated carbocycles. The average molecular weight is 150 g/mol. The Morgan fingerprint density at radius 1 is 1.55 bits per heavy atom. The Morgan fingerprint density at radius 2 is 2.18 bits per heavy atom. The third-order valence-electron chi connectivity index (χ3n) is 3.58. The summed E-state index contributed by atoms with van der Waals surface area (Å²) < 4.78 is 0. The molecule has 1 heteroatoms. The molecule has 2 unspecified atom stereocenters. The van der Waals surface area contributed by atoms with E-state index < -0.39 is 0 Å². The maximum absolute atomic E-state index is 11.3. The summed E-state index contributed by atoms with van der Waals surface area (Å²) in [5.41, 5.74) is 1.42. The first kappa shape index (κ1) is 7.08. The summed E-state index contributed by atoms with van der Waals surface area (Å²) in [4.78, 5) is 11.3. The number of Topliss-reactive ketones (excluding diaryl/α,β-unsaturated/α-hetero) is 1. The number of carbonyl (C=O) groups excluding carboxylic acids is 1. The molecule has 0 aromatic rings. The van der Waals surface area contributed by atoms with Gasteiger partial charge in [0.2, 0.25) is 0 Å². The Morgan fingerprint density at radius 3 is 2.73 bits per heavy atom. The van der Waals surface area contributed by atoms with E-state index in [0.717, 1.165) is 12.8 Å². The summed E-state index contributed by atoms with van der Waals surface area (Å²) >= 11 is 0. The van der Waals surface area contributed by atoms with Crippen LogP contribution in [0.4, 0.5) is 0 Å². The maximum atomic E-state index is 11.3. The third-order valence-corrected chi connectivity index (χ3v) is 3.58. The fraction of sp³-hybridized carbons (Fsp3) is 0.700. The minimum Gasteiger partial charge on any atom is -0.299 e. The Hall–Kier alpha value is -0.590. The third kappa shape index (κ3) is 0.640. The molecule has 2 atom stereocenters. The van der Waals surface area contributed by atoms with Crippen LogP contribution in [0.5, 0.6) is 0 Å². The average Bonchev–Trinajstić information content (AvgIpc) is 2.29. The molecule has 0 aromatic heterocycles. The van der Waals surface area contributed by atoms with Crippen molar-refractivity contribution in [3.8, 4) is 0 Å². The second-order valence-electron chi connectivity index (χ2n) is 4.34. The number of carbonyl (C=O) groups is 1. The Kier molecular flexibility index (Phi) is 1.14. The highest BCUT2D eigenvalue weighted by atomic mass is 16.1. The molecular weight excluding hydrogens is 136 g/mol. The van der Waals surface area contributed by atoms with Gasteiger partial charge in [-0.15, -0.1) is 0 Å². The second kappa shape index (κ2) is 1.77. The van der Waals surface area contributed by atoms with Crippen LogP contribution in [0, 0.1) is 17.3 Å². The summed E-state index contributed by atoms with van der Waals surface area (Å²) in [5, 5.41) is 0. The van der Waals surface area contributed by atoms with E-state index in [2.05, 4.69) is 20.4 Å². The van der Waals surface area contributed by atoms with Gasteiger partial charge >= 0.3 is 0 Å². The van der Waals surface area contributed by atoms with Crippen LogP contribution >= 0.6 is 0 Å². The molecule has 0 heterocycles. The predicted molar refractivity (Wildman–Crippen MR) is 44.1 cm³/mol. The Labute approximate surface area is 67.5 Å². The van der Waals surface area contributed by atoms with Crippen LogP contribution < -0.4 is 0 Å². The lowest BCUT2D eigenvalue weighted by molar-refractivity contribution is -0.123. The number of hydrogen-bond donors (Lipinski definition) is 0. The largest absolute Gasteiger partial charge is 0.299 e. The lowest BCUT2D eigenvalue weighted by Gasteiger charge is -2.49. The van der Waals surface area contributed by atoms with Crippen LogP contribution in [0.3, 0.4) is 0 Å². The highest BCUT2D eigenvalue weighted by Crippen LogP contribution is 2.60. The predicted octanol–water partition coefficient (Wildman–Crippen LogP) is 2.18. The molecule has 11 heavy (non-hydrogen) atoms. The van der Waals surface area contributed by atoms with Gasteiger partial charge in [-0.2, -0.15) is 0 Å². The quantitative estimate of drug-likeness (QED) is 0.484. The van der Waals surface area contributed by atoms with E-state index in [1.165, 1.54) is 5.57 Å². The monoisotopic (exact) mass is 150 g/mol. The van der Waals surface area contributed by atoms with Crippen molar-refractivity contribution in [2.24, 2.45) is 17.3 Å². The van der Waals surface area contributed by atoms with Gasteiger partial charge in [0.05, 0.1) is 0 Å². The SMILES string of the molecule is C=C1C2C(=O)CCC2C1(C)C. The van der Waals surface area contributed by atoms with Gasteiger partial charge < -0.3 is 0 Å². The highest BCUT2D eigenvalue weighted by molar-refractivity contribution is 5.88. The zero-order chi connectivity index (χ0) is 8.22. The van der Waals surface area contributed by atoms with Crippen LogP contribution in [0.15, 0.2) is 12.2 Å². The lowest BCUT2D eigenvalue weighted by atomic mass is 9.54. The number of ketones is 1. The summed E-state index contributed by atoms with van der Waals surface area (Å²) in [6.45, 7) is 8.39. The molecule has 2 rings (SSSR count). The van der Waals surface area contributed by atoms with E-state index in [1.54, 1.807) is 0 Å². The first-order valence-electron chi connectivity index (χ1n) is 4.27.